The Morgan fingerprint density at radius 2 is 0.692 bits per heavy atom. The maximum absolute atomic E-state index is 14.9. The lowest BCUT2D eigenvalue weighted by Crippen LogP contribution is -2.70. The molecule has 3 aliphatic rings. The van der Waals surface area contributed by atoms with E-state index in [4.69, 9.17) is 46.9 Å². The third kappa shape index (κ3) is 49.5. The number of rotatable bonds is 75. The fourth-order valence-electron chi connectivity index (χ4n) is 15.9. The lowest BCUT2D eigenvalue weighted by Gasteiger charge is -2.50. The molecule has 0 amide bonds. The van der Waals surface area contributed by atoms with Crippen LogP contribution in [-0.4, -0.2) is 205 Å². The van der Waals surface area contributed by atoms with E-state index in [2.05, 4.69) is 53.7 Å². The largest absolute Gasteiger partial charge is 0.472 e. The van der Waals surface area contributed by atoms with E-state index in [1.54, 1.807) is 0 Å². The lowest BCUT2D eigenvalue weighted by atomic mass is 9.84. The van der Waals surface area contributed by atoms with E-state index in [9.17, 15) is 74.6 Å². The highest BCUT2D eigenvalue weighted by Crippen LogP contribution is 2.49. The summed E-state index contributed by atoms with van der Waals surface area (Å²) in [4.78, 5) is 66.5. The van der Waals surface area contributed by atoms with Gasteiger partial charge in [0, 0.05) is 25.7 Å². The summed E-state index contributed by atoms with van der Waals surface area (Å²) < 4.78 is 73.5. The van der Waals surface area contributed by atoms with Crippen LogP contribution in [0.4, 0.5) is 0 Å². The number of unbranched alkanes of at least 4 members (excludes halogenated alkanes) is 41. The van der Waals surface area contributed by atoms with Gasteiger partial charge in [0.2, 0.25) is 0 Å². The molecule has 10 N–H and O–H groups in total. The summed E-state index contributed by atoms with van der Waals surface area (Å²) in [6.07, 6.45) is 23.7. The molecule has 0 bridgehead atoms. The fourth-order valence-corrected chi connectivity index (χ4v) is 16.8. The Hall–Kier alpha value is -2.79. The van der Waals surface area contributed by atoms with Crippen molar-refractivity contribution in [1.82, 2.24) is 0 Å². The van der Waals surface area contributed by atoms with Crippen molar-refractivity contribution in [2.45, 2.75) is 505 Å². The Morgan fingerprint density at radius 3 is 1.11 bits per heavy atom. The molecule has 3 rings (SSSR count). The summed E-state index contributed by atoms with van der Waals surface area (Å²) in [5, 5.41) is 102. The van der Waals surface area contributed by atoms with Crippen LogP contribution >= 0.6 is 7.82 Å². The Bertz CT molecular complexity index is 2520. The average molecular weight is 1690 g/mol. The number of hydrogen-bond acceptors (Lipinski definition) is 24. The third-order valence-corrected chi connectivity index (χ3v) is 24.5. The number of hydrogen-bond donors (Lipinski definition) is 10. The molecular formula is C91H169O25P. The summed E-state index contributed by atoms with van der Waals surface area (Å²) in [7, 11) is -5.81. The summed E-state index contributed by atoms with van der Waals surface area (Å²) in [6, 6.07) is 0. The molecule has 25 nitrogen and oxygen atoms in total. The zero-order valence-corrected chi connectivity index (χ0v) is 74.5. The van der Waals surface area contributed by atoms with Gasteiger partial charge < -0.3 is 88.7 Å². The predicted octanol–water partition coefficient (Wildman–Crippen LogP) is 17.3. The normalized spacial score (nSPS) is 25.6. The first-order chi connectivity index (χ1) is 56.5. The van der Waals surface area contributed by atoms with E-state index < -0.39 is 162 Å². The van der Waals surface area contributed by atoms with E-state index in [0.29, 0.717) is 50.4 Å². The molecule has 2 heterocycles. The van der Waals surface area contributed by atoms with Crippen molar-refractivity contribution in [2.24, 2.45) is 11.8 Å². The SMILES string of the molecule is CCCCCCCC/C=C\CCCCCC(=O)OC(COC(=O)CCCCCCCCC(C)CCCCCCCC)COP(=O)(O)OC1C(OC2OC(CO)C(O)C(O)C2O)C(O)C(O)C(OC(=O)CCCCCCCCC(C)CCCCCCCC)C1OC1OC(COC(=O)CCCCCCCCCCCCCCC)C(O)C(O)C1O. The quantitative estimate of drug-likeness (QED) is 0.00889. The van der Waals surface area contributed by atoms with Gasteiger partial charge in [0.05, 0.1) is 13.2 Å². The van der Waals surface area contributed by atoms with Gasteiger partial charge in [0.15, 0.2) is 24.8 Å². The van der Waals surface area contributed by atoms with Crippen molar-refractivity contribution in [3.63, 3.8) is 0 Å². The smallest absolute Gasteiger partial charge is 0.463 e. The molecule has 0 radical (unpaired) electrons. The summed E-state index contributed by atoms with van der Waals surface area (Å²) in [5.41, 5.74) is 0. The predicted molar refractivity (Wildman–Crippen MR) is 453 cm³/mol. The van der Waals surface area contributed by atoms with Crippen LogP contribution in [0, 0.1) is 11.8 Å². The second-order valence-corrected chi connectivity index (χ2v) is 35.8. The zero-order valence-electron chi connectivity index (χ0n) is 73.6. The molecule has 0 aromatic rings. The maximum Gasteiger partial charge on any atom is 0.472 e. The van der Waals surface area contributed by atoms with Crippen molar-refractivity contribution in [1.29, 1.82) is 0 Å². The lowest BCUT2D eigenvalue weighted by molar-refractivity contribution is -0.360. The Labute approximate surface area is 705 Å². The Balaban J connectivity index is 1.94. The van der Waals surface area contributed by atoms with Crippen LogP contribution in [0.5, 0.6) is 0 Å². The van der Waals surface area contributed by atoms with Crippen molar-refractivity contribution in [3.8, 4) is 0 Å². The highest BCUT2D eigenvalue weighted by Gasteiger charge is 2.60. The second-order valence-electron chi connectivity index (χ2n) is 34.4. The molecule has 0 aromatic heterocycles. The molecule has 20 atom stereocenters. The zero-order chi connectivity index (χ0) is 85.7. The van der Waals surface area contributed by atoms with Crippen molar-refractivity contribution in [3.05, 3.63) is 12.2 Å². The van der Waals surface area contributed by atoms with Gasteiger partial charge in [-0.1, -0.05) is 336 Å². The van der Waals surface area contributed by atoms with Gasteiger partial charge in [0.25, 0.3) is 0 Å². The molecular weight excluding hydrogens is 1520 g/mol. The van der Waals surface area contributed by atoms with E-state index in [1.165, 1.54) is 173 Å². The third-order valence-electron chi connectivity index (χ3n) is 23.6. The average Bonchev–Trinajstić information content (AvgIpc) is 0.754. The van der Waals surface area contributed by atoms with Crippen LogP contribution in [0.25, 0.3) is 0 Å². The summed E-state index contributed by atoms with van der Waals surface area (Å²) in [5.74, 6) is -1.66. The van der Waals surface area contributed by atoms with Crippen molar-refractivity contribution in [2.75, 3.05) is 26.4 Å². The highest BCUT2D eigenvalue weighted by atomic mass is 31.2. The number of allylic oxidation sites excluding steroid dienone is 2. The first-order valence-corrected chi connectivity index (χ1v) is 48.7. The first-order valence-electron chi connectivity index (χ1n) is 47.2. The minimum atomic E-state index is -5.81. The van der Waals surface area contributed by atoms with Gasteiger partial charge in [-0.25, -0.2) is 4.57 Å². The standard InChI is InChI=1S/C91H169O25P/c1-7-11-15-19-23-25-27-29-31-33-35-45-54-62-75(94)108-68-73-79(98)81(100)85(104)91(112-73)115-88-86(113-77(96)64-56-48-40-38-44-52-60-70(6)58-50-42-22-18-14-10-4)82(101)83(102)87(114-90-84(103)80(99)78(97)72(65-92)111-90)89(88)116-117(105,106)109-67-71(110-76(95)63-55-47-36-34-32-30-28-26-24-20-16-12-8-2)66-107-74(93)61-53-46-39-37-43-51-59-69(5)57-49-41-21-17-13-9-3/h30,32,69-73,78-92,97-104H,7-29,31,33-68H2,1-6H3,(H,105,106)/b32-30-. The van der Waals surface area contributed by atoms with Crippen LogP contribution in [0.15, 0.2) is 12.2 Å². The number of aliphatic hydroxyl groups excluding tert-OH is 9. The molecule has 0 aromatic carbocycles. The fraction of sp³-hybridized carbons (Fsp3) is 0.934. The van der Waals surface area contributed by atoms with Crippen LogP contribution < -0.4 is 0 Å². The van der Waals surface area contributed by atoms with Crippen LogP contribution in [-0.2, 0) is 70.7 Å². The van der Waals surface area contributed by atoms with Gasteiger partial charge in [0.1, 0.15) is 92.6 Å². The molecule has 117 heavy (non-hydrogen) atoms. The number of phosphoric acid groups is 1. The maximum atomic E-state index is 14.9. The minimum absolute atomic E-state index is 0.0169. The van der Waals surface area contributed by atoms with Crippen molar-refractivity contribution < 1.29 is 122 Å². The number of carbonyl (C=O) groups is 4. The van der Waals surface area contributed by atoms with Gasteiger partial charge in [-0.05, 0) is 63.2 Å². The molecule has 0 spiro atoms. The molecule has 2 saturated heterocycles. The molecule has 3 fully saturated rings. The van der Waals surface area contributed by atoms with Gasteiger partial charge in [-0.15, -0.1) is 0 Å². The number of carbonyl (C=O) groups excluding carboxylic acids is 4. The number of phosphoric ester groups is 1. The molecule has 1 saturated carbocycles. The number of ether oxygens (including phenoxy) is 8. The van der Waals surface area contributed by atoms with Crippen LogP contribution in [0.3, 0.4) is 0 Å². The van der Waals surface area contributed by atoms with Crippen LogP contribution in [0.1, 0.15) is 401 Å². The summed E-state index contributed by atoms with van der Waals surface area (Å²) >= 11 is 0. The van der Waals surface area contributed by atoms with E-state index >= 15 is 0 Å². The van der Waals surface area contributed by atoms with Crippen LogP contribution in [0.2, 0.25) is 0 Å². The minimum Gasteiger partial charge on any atom is -0.463 e. The van der Waals surface area contributed by atoms with Gasteiger partial charge in [-0.3, -0.25) is 28.2 Å². The number of aliphatic hydroxyl groups is 9. The Morgan fingerprint density at radius 1 is 0.359 bits per heavy atom. The molecule has 20 unspecified atom stereocenters. The molecule has 1 aliphatic carbocycles. The molecule has 26 heteroatoms. The number of esters is 4. The van der Waals surface area contributed by atoms with E-state index in [1.807, 2.05) is 0 Å². The van der Waals surface area contributed by atoms with Gasteiger partial charge >= 0.3 is 31.7 Å². The molecule has 688 valence electrons. The molecule has 2 aliphatic heterocycles. The topological polar surface area (TPSA) is 380 Å². The monoisotopic (exact) mass is 1690 g/mol. The van der Waals surface area contributed by atoms with E-state index in [-0.39, 0.29) is 25.7 Å². The van der Waals surface area contributed by atoms with E-state index in [0.717, 1.165) is 122 Å². The Kier molecular flexibility index (Phi) is 63.5. The highest BCUT2D eigenvalue weighted by molar-refractivity contribution is 7.47. The first kappa shape index (κ1) is 108. The van der Waals surface area contributed by atoms with Gasteiger partial charge in [-0.2, -0.15) is 0 Å². The second kappa shape index (κ2) is 68.5. The van der Waals surface area contributed by atoms with Crippen molar-refractivity contribution >= 4 is 31.7 Å². The summed E-state index contributed by atoms with van der Waals surface area (Å²) in [6.45, 7) is 10.2.